The minimum absolute atomic E-state index is 0.0286. The number of rotatable bonds is 3. The van der Waals surface area contributed by atoms with Gasteiger partial charge in [-0.1, -0.05) is 0 Å². The van der Waals surface area contributed by atoms with E-state index in [0.29, 0.717) is 12.1 Å². The van der Waals surface area contributed by atoms with Gasteiger partial charge in [-0.2, -0.15) is 0 Å². The van der Waals surface area contributed by atoms with Crippen LogP contribution in [0.15, 0.2) is 28.1 Å². The fourth-order valence-corrected chi connectivity index (χ4v) is 2.91. The number of hydrogen-bond acceptors (Lipinski definition) is 2. The number of carbonyl (C=O) groups excluding carboxylic acids is 1. The molecular weight excluding hydrogens is 329 g/mol. The van der Waals surface area contributed by atoms with Gasteiger partial charge in [-0.25, -0.2) is 13.2 Å². The minimum Gasteiger partial charge on any atom is -0.294 e. The molecule has 0 aliphatic heterocycles. The summed E-state index contributed by atoms with van der Waals surface area (Å²) in [6.45, 7) is 0. The molecule has 2 rings (SSSR count). The van der Waals surface area contributed by atoms with Crippen molar-refractivity contribution in [3.63, 3.8) is 0 Å². The van der Waals surface area contributed by atoms with Crippen LogP contribution in [0.3, 0.4) is 0 Å². The SMILES string of the molecule is O=C(Cc1ccc(Br)s1)c1cc(F)c(F)c(F)c1. The van der Waals surface area contributed by atoms with Crippen molar-refractivity contribution in [2.45, 2.75) is 6.42 Å². The first kappa shape index (κ1) is 13.3. The Morgan fingerprint density at radius 3 is 2.28 bits per heavy atom. The summed E-state index contributed by atoms with van der Waals surface area (Å²) in [7, 11) is 0. The van der Waals surface area contributed by atoms with Crippen molar-refractivity contribution in [2.75, 3.05) is 0 Å². The lowest BCUT2D eigenvalue weighted by Gasteiger charge is -2.01. The largest absolute Gasteiger partial charge is 0.294 e. The minimum atomic E-state index is -1.56. The van der Waals surface area contributed by atoms with E-state index in [1.165, 1.54) is 11.3 Å². The maximum absolute atomic E-state index is 13.0. The van der Waals surface area contributed by atoms with Crippen molar-refractivity contribution in [3.8, 4) is 0 Å². The standard InChI is InChI=1S/C12H6BrF3OS/c13-11-2-1-7(18-11)5-10(17)6-3-8(14)12(16)9(15)4-6/h1-4H,5H2. The molecule has 0 radical (unpaired) electrons. The molecule has 1 heterocycles. The van der Waals surface area contributed by atoms with Crippen LogP contribution in [0, 0.1) is 17.5 Å². The first-order valence-corrected chi connectivity index (χ1v) is 6.50. The number of thiophene rings is 1. The van der Waals surface area contributed by atoms with E-state index in [0.717, 1.165) is 8.66 Å². The molecule has 1 nitrogen and oxygen atoms in total. The lowest BCUT2D eigenvalue weighted by molar-refractivity contribution is 0.0992. The monoisotopic (exact) mass is 334 g/mol. The Morgan fingerprint density at radius 2 is 1.78 bits per heavy atom. The Balaban J connectivity index is 2.24. The summed E-state index contributed by atoms with van der Waals surface area (Å²) >= 11 is 4.61. The first-order chi connectivity index (χ1) is 8.47. The topological polar surface area (TPSA) is 17.1 Å². The van der Waals surface area contributed by atoms with Crippen molar-refractivity contribution in [1.29, 1.82) is 0 Å². The summed E-state index contributed by atoms with van der Waals surface area (Å²) in [6, 6.07) is 4.94. The Labute approximate surface area is 113 Å². The number of hydrogen-bond donors (Lipinski definition) is 0. The molecule has 1 aromatic heterocycles. The van der Waals surface area contributed by atoms with Crippen LogP contribution in [0.4, 0.5) is 13.2 Å². The van der Waals surface area contributed by atoms with Gasteiger partial charge in [-0.3, -0.25) is 4.79 Å². The van der Waals surface area contributed by atoms with Crippen LogP contribution in [0.25, 0.3) is 0 Å². The molecule has 18 heavy (non-hydrogen) atoms. The van der Waals surface area contributed by atoms with Gasteiger partial charge in [0.25, 0.3) is 0 Å². The quantitative estimate of drug-likeness (QED) is 0.602. The van der Waals surface area contributed by atoms with E-state index >= 15 is 0 Å². The van der Waals surface area contributed by atoms with E-state index in [1.54, 1.807) is 12.1 Å². The van der Waals surface area contributed by atoms with Crippen LogP contribution in [0.2, 0.25) is 0 Å². The highest BCUT2D eigenvalue weighted by Crippen LogP contribution is 2.24. The molecule has 0 spiro atoms. The summed E-state index contributed by atoms with van der Waals surface area (Å²) in [5, 5.41) is 0. The van der Waals surface area contributed by atoms with E-state index in [2.05, 4.69) is 15.9 Å². The molecule has 0 aliphatic carbocycles. The predicted molar refractivity (Wildman–Crippen MR) is 66.4 cm³/mol. The molecule has 0 amide bonds. The average Bonchev–Trinajstić information content (AvgIpc) is 2.71. The first-order valence-electron chi connectivity index (χ1n) is 4.89. The zero-order valence-corrected chi connectivity index (χ0v) is 11.2. The Bertz CT molecular complexity index is 586. The van der Waals surface area contributed by atoms with E-state index in [4.69, 9.17) is 0 Å². The summed E-state index contributed by atoms with van der Waals surface area (Å²) in [5.41, 5.74) is -0.170. The van der Waals surface area contributed by atoms with Gasteiger partial charge >= 0.3 is 0 Å². The van der Waals surface area contributed by atoms with Gasteiger partial charge in [-0.15, -0.1) is 11.3 Å². The highest BCUT2D eigenvalue weighted by molar-refractivity contribution is 9.11. The molecule has 0 fully saturated rings. The maximum atomic E-state index is 13.0. The predicted octanol–water partition coefficient (Wildman–Crippen LogP) is 4.35. The summed E-state index contributed by atoms with van der Waals surface area (Å²) < 4.78 is 39.5. The molecule has 0 atom stereocenters. The maximum Gasteiger partial charge on any atom is 0.194 e. The Morgan fingerprint density at radius 1 is 1.17 bits per heavy atom. The van der Waals surface area contributed by atoms with Gasteiger partial charge < -0.3 is 0 Å². The van der Waals surface area contributed by atoms with Crippen molar-refractivity contribution < 1.29 is 18.0 Å². The van der Waals surface area contributed by atoms with Crippen LogP contribution in [0.1, 0.15) is 15.2 Å². The number of carbonyl (C=O) groups is 1. The second-order valence-electron chi connectivity index (χ2n) is 3.56. The Kier molecular flexibility index (Phi) is 3.87. The fourth-order valence-electron chi connectivity index (χ4n) is 1.42. The van der Waals surface area contributed by atoms with Crippen LogP contribution in [0.5, 0.6) is 0 Å². The van der Waals surface area contributed by atoms with Crippen molar-refractivity contribution >= 4 is 33.0 Å². The molecule has 0 bridgehead atoms. The zero-order chi connectivity index (χ0) is 13.3. The average molecular weight is 335 g/mol. The molecule has 94 valence electrons. The highest BCUT2D eigenvalue weighted by atomic mass is 79.9. The third-order valence-electron chi connectivity index (χ3n) is 2.27. The van der Waals surface area contributed by atoms with Crippen LogP contribution < -0.4 is 0 Å². The molecule has 0 aliphatic rings. The van der Waals surface area contributed by atoms with Gasteiger partial charge in [0.05, 0.1) is 3.79 Å². The molecular formula is C12H6BrF3OS. The number of Topliss-reactive ketones (excluding diaryl/α,β-unsaturated/α-hetero) is 1. The molecule has 6 heteroatoms. The van der Waals surface area contributed by atoms with Crippen LogP contribution in [-0.2, 0) is 6.42 Å². The number of halogens is 4. The van der Waals surface area contributed by atoms with Crippen molar-refractivity contribution in [3.05, 3.63) is 55.9 Å². The van der Waals surface area contributed by atoms with Crippen molar-refractivity contribution in [2.24, 2.45) is 0 Å². The molecule has 2 aromatic rings. The molecule has 1 aromatic carbocycles. The second kappa shape index (κ2) is 5.24. The van der Waals surface area contributed by atoms with Gasteiger partial charge in [0.1, 0.15) is 0 Å². The van der Waals surface area contributed by atoms with Gasteiger partial charge in [0.2, 0.25) is 0 Å². The van der Waals surface area contributed by atoms with Gasteiger partial charge in [-0.05, 0) is 40.2 Å². The van der Waals surface area contributed by atoms with E-state index in [9.17, 15) is 18.0 Å². The number of ketones is 1. The molecule has 0 N–H and O–H groups in total. The fraction of sp³-hybridized carbons (Fsp3) is 0.0833. The third kappa shape index (κ3) is 2.81. The normalized spacial score (nSPS) is 10.7. The van der Waals surface area contributed by atoms with Gasteiger partial charge in [0, 0.05) is 16.9 Å². The zero-order valence-electron chi connectivity index (χ0n) is 8.84. The lowest BCUT2D eigenvalue weighted by atomic mass is 10.1. The summed E-state index contributed by atoms with van der Waals surface area (Å²) in [5.74, 6) is -4.73. The van der Waals surface area contributed by atoms with E-state index in [1.807, 2.05) is 0 Å². The molecule has 0 saturated carbocycles. The Hall–Kier alpha value is -1.14. The van der Waals surface area contributed by atoms with Gasteiger partial charge in [0.15, 0.2) is 23.2 Å². The molecule has 0 unspecified atom stereocenters. The lowest BCUT2D eigenvalue weighted by Crippen LogP contribution is -2.05. The van der Waals surface area contributed by atoms with E-state index in [-0.39, 0.29) is 12.0 Å². The van der Waals surface area contributed by atoms with Crippen LogP contribution >= 0.6 is 27.3 Å². The van der Waals surface area contributed by atoms with E-state index < -0.39 is 23.2 Å². The molecule has 0 saturated heterocycles. The third-order valence-corrected chi connectivity index (χ3v) is 3.89. The highest BCUT2D eigenvalue weighted by Gasteiger charge is 2.15. The summed E-state index contributed by atoms with van der Waals surface area (Å²) in [6.07, 6.45) is 0.0286. The summed E-state index contributed by atoms with van der Waals surface area (Å²) in [4.78, 5) is 12.5. The smallest absolute Gasteiger partial charge is 0.194 e. The van der Waals surface area contributed by atoms with Crippen LogP contribution in [-0.4, -0.2) is 5.78 Å². The number of benzene rings is 1. The van der Waals surface area contributed by atoms with Crippen molar-refractivity contribution in [1.82, 2.24) is 0 Å². The second-order valence-corrected chi connectivity index (χ2v) is 6.11.